The number of nitrogens with one attached hydrogen (secondary N) is 1. The van der Waals surface area contributed by atoms with Crippen molar-refractivity contribution in [3.8, 4) is 23.2 Å². The topological polar surface area (TPSA) is 113 Å². The van der Waals surface area contributed by atoms with Crippen LogP contribution < -0.4 is 10.1 Å². The number of nitrogens with zero attached hydrogens (tertiary/aromatic N) is 6. The molecule has 0 aromatic carbocycles. The van der Waals surface area contributed by atoms with Crippen LogP contribution in [0.4, 0.5) is 4.39 Å². The lowest BCUT2D eigenvalue weighted by Gasteiger charge is -2.22. The minimum atomic E-state index is -1.06. The van der Waals surface area contributed by atoms with Crippen LogP contribution in [0.5, 0.6) is 5.75 Å². The summed E-state index contributed by atoms with van der Waals surface area (Å²) >= 11 is 6.35. The van der Waals surface area contributed by atoms with Crippen molar-refractivity contribution in [2.75, 3.05) is 6.61 Å². The molecule has 0 spiro atoms. The Morgan fingerprint density at radius 3 is 3.03 bits per heavy atom. The Morgan fingerprint density at radius 2 is 2.26 bits per heavy atom. The predicted octanol–water partition coefficient (Wildman–Crippen LogP) is 3.19. The summed E-state index contributed by atoms with van der Waals surface area (Å²) in [6.45, 7) is 2.61. The van der Waals surface area contributed by atoms with E-state index in [1.165, 1.54) is 18.3 Å². The number of nitriles is 1. The molecule has 0 saturated heterocycles. The highest BCUT2D eigenvalue weighted by Gasteiger charge is 2.25. The molecule has 0 amide bonds. The first-order valence-corrected chi connectivity index (χ1v) is 11.1. The van der Waals surface area contributed by atoms with Crippen LogP contribution in [0.1, 0.15) is 29.5 Å². The van der Waals surface area contributed by atoms with Crippen LogP contribution in [0.15, 0.2) is 36.8 Å². The van der Waals surface area contributed by atoms with Crippen LogP contribution in [0.3, 0.4) is 0 Å². The van der Waals surface area contributed by atoms with E-state index in [1.807, 2.05) is 30.1 Å². The highest BCUT2D eigenvalue weighted by molar-refractivity contribution is 6.34. The van der Waals surface area contributed by atoms with Crippen LogP contribution >= 0.6 is 11.6 Å². The van der Waals surface area contributed by atoms with Gasteiger partial charge in [-0.25, -0.2) is 8.91 Å². The molecule has 9 nitrogen and oxygen atoms in total. The average molecular weight is 482 g/mol. The first kappa shape index (κ1) is 22.1. The smallest absolute Gasteiger partial charge is 0.176 e. The SMILES string of the molecule is Cc1c(-c2cc(OCC(O)c3ccc(F)cn3)c3c(Cl)cnn3c2)nn2c1CC(NC#N)CC2. The first-order chi connectivity index (χ1) is 16.4. The second-order valence-electron chi connectivity index (χ2n) is 8.20. The molecule has 174 valence electrons. The molecule has 34 heavy (non-hydrogen) atoms. The Kier molecular flexibility index (Phi) is 5.81. The van der Waals surface area contributed by atoms with Gasteiger partial charge in [0.2, 0.25) is 0 Å². The number of halogens is 2. The number of rotatable bonds is 6. The van der Waals surface area contributed by atoms with E-state index >= 15 is 0 Å². The standard InChI is InChI=1S/C23H21ClFN7O2/c1-13-19-7-16(28-12-26)4-5-31(19)30-22(13)14-6-21(23-17(24)9-29-32(23)10-14)34-11-20(33)18-3-2-15(25)8-27-18/h2-3,6,8-10,16,20,28,33H,4-5,7,11H2,1H3. The zero-order valence-corrected chi connectivity index (χ0v) is 19.0. The van der Waals surface area contributed by atoms with Crippen LogP contribution in [-0.2, 0) is 13.0 Å². The number of ether oxygens (including phenoxy) is 1. The predicted molar refractivity (Wildman–Crippen MR) is 122 cm³/mol. The van der Waals surface area contributed by atoms with E-state index in [9.17, 15) is 9.50 Å². The Morgan fingerprint density at radius 1 is 1.41 bits per heavy atom. The number of aliphatic hydroxyl groups is 1. The molecule has 5 heterocycles. The summed E-state index contributed by atoms with van der Waals surface area (Å²) in [5.41, 5.74) is 4.51. The molecule has 2 unspecified atom stereocenters. The second kappa shape index (κ2) is 8.93. The maximum atomic E-state index is 13.1. The number of aryl methyl sites for hydroxylation is 1. The maximum Gasteiger partial charge on any atom is 0.176 e. The van der Waals surface area contributed by atoms with Crippen molar-refractivity contribution in [2.24, 2.45) is 0 Å². The maximum absolute atomic E-state index is 13.1. The Hall–Kier alpha value is -3.68. The van der Waals surface area contributed by atoms with Crippen molar-refractivity contribution in [3.05, 3.63) is 64.6 Å². The number of aromatic nitrogens is 5. The monoisotopic (exact) mass is 481 g/mol. The number of hydrogen-bond donors (Lipinski definition) is 2. The van der Waals surface area contributed by atoms with Crippen molar-refractivity contribution in [1.82, 2.24) is 29.7 Å². The van der Waals surface area contributed by atoms with Gasteiger partial charge in [0, 0.05) is 36.5 Å². The molecule has 4 aromatic rings. The molecule has 4 aromatic heterocycles. The summed E-state index contributed by atoms with van der Waals surface area (Å²) < 4.78 is 22.7. The first-order valence-electron chi connectivity index (χ1n) is 10.7. The average Bonchev–Trinajstić information content (AvgIpc) is 3.37. The number of aliphatic hydroxyl groups excluding tert-OH is 1. The molecule has 0 saturated carbocycles. The van der Waals surface area contributed by atoms with Gasteiger partial charge in [-0.2, -0.15) is 15.5 Å². The third kappa shape index (κ3) is 4.04. The summed E-state index contributed by atoms with van der Waals surface area (Å²) in [5, 5.41) is 31.8. The summed E-state index contributed by atoms with van der Waals surface area (Å²) in [6, 6.07) is 4.56. The molecule has 1 aliphatic rings. The fourth-order valence-electron chi connectivity index (χ4n) is 4.26. The molecular weight excluding hydrogens is 461 g/mol. The van der Waals surface area contributed by atoms with E-state index in [0.29, 0.717) is 34.9 Å². The third-order valence-electron chi connectivity index (χ3n) is 6.01. The van der Waals surface area contributed by atoms with Gasteiger partial charge in [0.25, 0.3) is 0 Å². The lowest BCUT2D eigenvalue weighted by Crippen LogP contribution is -2.33. The molecule has 2 atom stereocenters. The lowest BCUT2D eigenvalue weighted by atomic mass is 10.00. The van der Waals surface area contributed by atoms with Crippen LogP contribution in [0.2, 0.25) is 5.02 Å². The fourth-order valence-corrected chi connectivity index (χ4v) is 4.48. The number of pyridine rings is 2. The third-order valence-corrected chi connectivity index (χ3v) is 6.29. The summed E-state index contributed by atoms with van der Waals surface area (Å²) in [4.78, 5) is 3.91. The van der Waals surface area contributed by atoms with E-state index in [1.54, 1.807) is 4.52 Å². The fraction of sp³-hybridized carbons (Fsp3) is 0.304. The zero-order chi connectivity index (χ0) is 23.8. The highest BCUT2D eigenvalue weighted by atomic mass is 35.5. The van der Waals surface area contributed by atoms with Crippen molar-refractivity contribution < 1.29 is 14.2 Å². The largest absolute Gasteiger partial charge is 0.488 e. The second-order valence-corrected chi connectivity index (χ2v) is 8.60. The van der Waals surface area contributed by atoms with Gasteiger partial charge < -0.3 is 15.2 Å². The van der Waals surface area contributed by atoms with E-state index in [-0.39, 0.29) is 12.6 Å². The molecular formula is C23H21ClFN7O2. The molecule has 2 N–H and O–H groups in total. The van der Waals surface area contributed by atoms with Crippen LogP contribution in [-0.4, -0.2) is 42.1 Å². The molecule has 0 fully saturated rings. The Balaban J connectivity index is 1.47. The van der Waals surface area contributed by atoms with Gasteiger partial charge in [-0.3, -0.25) is 9.67 Å². The normalized spacial score (nSPS) is 16.1. The van der Waals surface area contributed by atoms with Crippen molar-refractivity contribution in [1.29, 1.82) is 5.26 Å². The van der Waals surface area contributed by atoms with Gasteiger partial charge >= 0.3 is 0 Å². The van der Waals surface area contributed by atoms with Gasteiger partial charge in [0.15, 0.2) is 6.19 Å². The van der Waals surface area contributed by atoms with Crippen LogP contribution in [0, 0.1) is 24.2 Å². The Bertz CT molecular complexity index is 1390. The quantitative estimate of drug-likeness (QED) is 0.321. The minimum Gasteiger partial charge on any atom is -0.488 e. The van der Waals surface area contributed by atoms with Crippen LogP contribution in [0.25, 0.3) is 16.8 Å². The van der Waals surface area contributed by atoms with Crippen molar-refractivity contribution >= 4 is 17.1 Å². The zero-order valence-electron chi connectivity index (χ0n) is 18.2. The summed E-state index contributed by atoms with van der Waals surface area (Å²) in [7, 11) is 0. The lowest BCUT2D eigenvalue weighted by molar-refractivity contribution is 0.105. The summed E-state index contributed by atoms with van der Waals surface area (Å²) in [6.07, 6.45) is 6.90. The van der Waals surface area contributed by atoms with E-state index in [2.05, 4.69) is 15.4 Å². The molecule has 5 rings (SSSR count). The van der Waals surface area contributed by atoms with Gasteiger partial charge in [0.1, 0.15) is 29.8 Å². The van der Waals surface area contributed by atoms with E-state index in [0.717, 1.165) is 35.1 Å². The summed E-state index contributed by atoms with van der Waals surface area (Å²) in [5.74, 6) is -0.0549. The molecule has 0 aliphatic carbocycles. The highest BCUT2D eigenvalue weighted by Crippen LogP contribution is 2.35. The molecule has 11 heteroatoms. The minimum absolute atomic E-state index is 0.0913. The molecule has 1 aliphatic heterocycles. The van der Waals surface area contributed by atoms with E-state index in [4.69, 9.17) is 26.7 Å². The number of hydrogen-bond acceptors (Lipinski definition) is 7. The van der Waals surface area contributed by atoms with Gasteiger partial charge in [-0.05, 0) is 37.1 Å². The van der Waals surface area contributed by atoms with Gasteiger partial charge in [0.05, 0.1) is 28.8 Å². The van der Waals surface area contributed by atoms with Crippen molar-refractivity contribution in [3.63, 3.8) is 0 Å². The van der Waals surface area contributed by atoms with E-state index < -0.39 is 11.9 Å². The molecule has 0 bridgehead atoms. The van der Waals surface area contributed by atoms with Gasteiger partial charge in [-0.15, -0.1) is 0 Å². The number of fused-ring (bicyclic) bond motifs is 2. The molecule has 0 radical (unpaired) electrons. The Labute approximate surface area is 199 Å². The van der Waals surface area contributed by atoms with Gasteiger partial charge in [-0.1, -0.05) is 11.6 Å². The van der Waals surface area contributed by atoms with Crippen molar-refractivity contribution in [2.45, 2.75) is 38.5 Å².